The molecule has 1 saturated carbocycles. The van der Waals surface area contributed by atoms with Crippen LogP contribution >= 0.6 is 0 Å². The Kier molecular flexibility index (Phi) is 6.93. The van der Waals surface area contributed by atoms with E-state index in [0.717, 1.165) is 45.0 Å². The van der Waals surface area contributed by atoms with E-state index >= 15 is 0 Å². The summed E-state index contributed by atoms with van der Waals surface area (Å²) in [6.45, 7) is 9.81. The van der Waals surface area contributed by atoms with Gasteiger partial charge in [-0.1, -0.05) is 26.7 Å². The Morgan fingerprint density at radius 3 is 2.67 bits per heavy atom. The second kappa shape index (κ2) is 8.47. The largest absolute Gasteiger partial charge is 0.373 e. The molecule has 4 heteroatoms. The van der Waals surface area contributed by atoms with Gasteiger partial charge in [-0.25, -0.2) is 0 Å². The minimum atomic E-state index is -0.0813. The summed E-state index contributed by atoms with van der Waals surface area (Å²) in [5, 5.41) is 0. The molecule has 2 fully saturated rings. The molecule has 0 amide bonds. The summed E-state index contributed by atoms with van der Waals surface area (Å²) in [6, 6.07) is 0. The van der Waals surface area contributed by atoms with Gasteiger partial charge in [-0.3, -0.25) is 4.90 Å². The molecule has 1 heterocycles. The molecule has 4 nitrogen and oxygen atoms in total. The quantitative estimate of drug-likeness (QED) is 0.784. The number of nitrogens with zero attached hydrogens (tertiary/aromatic N) is 1. The molecule has 0 bridgehead atoms. The molecule has 21 heavy (non-hydrogen) atoms. The molecule has 0 aromatic heterocycles. The lowest BCUT2D eigenvalue weighted by molar-refractivity contribution is -0.130. The smallest absolute Gasteiger partial charge is 0.0935 e. The van der Waals surface area contributed by atoms with E-state index in [2.05, 4.69) is 18.7 Å². The van der Waals surface area contributed by atoms with Gasteiger partial charge in [0, 0.05) is 19.6 Å². The van der Waals surface area contributed by atoms with Crippen LogP contribution in [0.4, 0.5) is 0 Å². The van der Waals surface area contributed by atoms with Crippen LogP contribution in [-0.2, 0) is 9.47 Å². The maximum absolute atomic E-state index is 6.30. The molecule has 0 aromatic carbocycles. The van der Waals surface area contributed by atoms with Crippen molar-refractivity contribution in [1.29, 1.82) is 0 Å². The van der Waals surface area contributed by atoms with Crippen molar-refractivity contribution in [2.45, 2.75) is 64.1 Å². The van der Waals surface area contributed by atoms with E-state index in [1.807, 2.05) is 0 Å². The minimum Gasteiger partial charge on any atom is -0.373 e. The van der Waals surface area contributed by atoms with E-state index in [1.165, 1.54) is 25.7 Å². The highest BCUT2D eigenvalue weighted by atomic mass is 16.5. The summed E-state index contributed by atoms with van der Waals surface area (Å²) >= 11 is 0. The van der Waals surface area contributed by atoms with Crippen molar-refractivity contribution in [1.82, 2.24) is 4.90 Å². The highest BCUT2D eigenvalue weighted by molar-refractivity contribution is 4.89. The molecule has 1 unspecified atom stereocenters. The molecule has 2 rings (SSSR count). The Hall–Kier alpha value is -0.160. The molecule has 1 aliphatic carbocycles. The number of nitrogens with two attached hydrogens (primary N) is 1. The van der Waals surface area contributed by atoms with Crippen LogP contribution in [0.1, 0.15) is 52.4 Å². The maximum atomic E-state index is 6.30. The molecule has 2 N–H and O–H groups in total. The molecule has 1 aliphatic heterocycles. The number of rotatable bonds is 7. The highest BCUT2D eigenvalue weighted by Gasteiger charge is 2.35. The van der Waals surface area contributed by atoms with Gasteiger partial charge in [0.25, 0.3) is 0 Å². The molecular formula is C17H34N2O2. The second-order valence-corrected chi connectivity index (χ2v) is 6.82. The molecule has 0 radical (unpaired) electrons. The number of likely N-dealkylation sites (N-methyl/N-ethyl adjacent to an activating group) is 1. The van der Waals surface area contributed by atoms with Crippen molar-refractivity contribution in [3.8, 4) is 0 Å². The first-order valence-corrected chi connectivity index (χ1v) is 8.89. The van der Waals surface area contributed by atoms with Gasteiger partial charge in [-0.05, 0) is 38.1 Å². The van der Waals surface area contributed by atoms with Gasteiger partial charge in [-0.15, -0.1) is 0 Å². The standard InChI is InChI=1S/C17H34N2O2/c1-3-5-15-6-8-17(14-18,9-7-15)21-13-16-12-19(4-2)10-11-20-16/h15-16H,3-14,18H2,1-2H3. The number of ether oxygens (including phenoxy) is 2. The first-order valence-electron chi connectivity index (χ1n) is 8.89. The number of morpholine rings is 1. The molecule has 124 valence electrons. The fourth-order valence-electron chi connectivity index (χ4n) is 3.75. The van der Waals surface area contributed by atoms with Crippen LogP contribution < -0.4 is 5.73 Å². The van der Waals surface area contributed by atoms with E-state index in [9.17, 15) is 0 Å². The SMILES string of the molecule is CCCC1CCC(CN)(OCC2CN(CC)CCO2)CC1. The maximum Gasteiger partial charge on any atom is 0.0935 e. The lowest BCUT2D eigenvalue weighted by Gasteiger charge is -2.41. The van der Waals surface area contributed by atoms with Gasteiger partial charge in [0.1, 0.15) is 0 Å². The average molecular weight is 298 g/mol. The lowest BCUT2D eigenvalue weighted by atomic mass is 9.77. The Balaban J connectivity index is 1.77. The van der Waals surface area contributed by atoms with Crippen molar-refractivity contribution in [2.75, 3.05) is 39.4 Å². The summed E-state index contributed by atoms with van der Waals surface area (Å²) in [4.78, 5) is 2.44. The van der Waals surface area contributed by atoms with Gasteiger partial charge in [0.2, 0.25) is 0 Å². The summed E-state index contributed by atoms with van der Waals surface area (Å²) in [5.41, 5.74) is 5.97. The van der Waals surface area contributed by atoms with Crippen LogP contribution in [0.15, 0.2) is 0 Å². The zero-order chi connectivity index (χ0) is 15.1. The van der Waals surface area contributed by atoms with Crippen LogP contribution in [0.3, 0.4) is 0 Å². The van der Waals surface area contributed by atoms with Gasteiger partial charge in [-0.2, -0.15) is 0 Å². The van der Waals surface area contributed by atoms with E-state index in [4.69, 9.17) is 15.2 Å². The van der Waals surface area contributed by atoms with Gasteiger partial charge < -0.3 is 15.2 Å². The van der Waals surface area contributed by atoms with Gasteiger partial charge in [0.15, 0.2) is 0 Å². The predicted octanol–water partition coefficient (Wildman–Crippen LogP) is 2.41. The third kappa shape index (κ3) is 4.92. The van der Waals surface area contributed by atoms with Gasteiger partial charge in [0.05, 0.1) is 24.9 Å². The van der Waals surface area contributed by atoms with Crippen LogP contribution in [0.5, 0.6) is 0 Å². The van der Waals surface area contributed by atoms with E-state index in [1.54, 1.807) is 0 Å². The Bertz CT molecular complexity index is 291. The number of hydrogen-bond acceptors (Lipinski definition) is 4. The summed E-state index contributed by atoms with van der Waals surface area (Å²) in [6.07, 6.45) is 7.67. The zero-order valence-corrected chi connectivity index (χ0v) is 14.0. The fraction of sp³-hybridized carbons (Fsp3) is 1.00. The summed E-state index contributed by atoms with van der Waals surface area (Å²) in [7, 11) is 0. The van der Waals surface area contributed by atoms with Gasteiger partial charge >= 0.3 is 0 Å². The van der Waals surface area contributed by atoms with Crippen LogP contribution in [0, 0.1) is 5.92 Å². The molecule has 1 saturated heterocycles. The molecule has 2 aliphatic rings. The van der Waals surface area contributed by atoms with Crippen molar-refractivity contribution < 1.29 is 9.47 Å². The Labute approximate surface area is 130 Å². The zero-order valence-electron chi connectivity index (χ0n) is 14.0. The Morgan fingerprint density at radius 2 is 2.05 bits per heavy atom. The summed E-state index contributed by atoms with van der Waals surface area (Å²) < 4.78 is 12.1. The van der Waals surface area contributed by atoms with E-state index in [-0.39, 0.29) is 11.7 Å². The minimum absolute atomic E-state index is 0.0813. The Morgan fingerprint density at radius 1 is 1.29 bits per heavy atom. The monoisotopic (exact) mass is 298 g/mol. The average Bonchev–Trinajstić information content (AvgIpc) is 2.55. The van der Waals surface area contributed by atoms with E-state index < -0.39 is 0 Å². The first kappa shape index (κ1) is 17.2. The van der Waals surface area contributed by atoms with E-state index in [0.29, 0.717) is 13.2 Å². The number of hydrogen-bond donors (Lipinski definition) is 1. The molecule has 0 aromatic rings. The van der Waals surface area contributed by atoms with Crippen LogP contribution in [0.25, 0.3) is 0 Å². The molecule has 0 spiro atoms. The lowest BCUT2D eigenvalue weighted by Crippen LogP contribution is -2.49. The van der Waals surface area contributed by atoms with Crippen molar-refractivity contribution in [3.05, 3.63) is 0 Å². The van der Waals surface area contributed by atoms with Crippen molar-refractivity contribution in [2.24, 2.45) is 11.7 Å². The topological polar surface area (TPSA) is 47.7 Å². The van der Waals surface area contributed by atoms with Crippen LogP contribution in [-0.4, -0.2) is 56.0 Å². The predicted molar refractivity (Wildman–Crippen MR) is 86.5 cm³/mol. The molecular weight excluding hydrogens is 264 g/mol. The van der Waals surface area contributed by atoms with Crippen molar-refractivity contribution in [3.63, 3.8) is 0 Å². The van der Waals surface area contributed by atoms with Crippen LogP contribution in [0.2, 0.25) is 0 Å². The third-order valence-electron chi connectivity index (χ3n) is 5.33. The summed E-state index contributed by atoms with van der Waals surface area (Å²) in [5.74, 6) is 0.889. The fourth-order valence-corrected chi connectivity index (χ4v) is 3.75. The highest BCUT2D eigenvalue weighted by Crippen LogP contribution is 2.36. The second-order valence-electron chi connectivity index (χ2n) is 6.82. The third-order valence-corrected chi connectivity index (χ3v) is 5.33. The first-order chi connectivity index (χ1) is 10.2. The van der Waals surface area contributed by atoms with Crippen molar-refractivity contribution >= 4 is 0 Å². The normalized spacial score (nSPS) is 35.0. The molecule has 1 atom stereocenters.